The van der Waals surface area contributed by atoms with E-state index < -0.39 is 0 Å². The van der Waals surface area contributed by atoms with Crippen LogP contribution in [0.2, 0.25) is 0 Å². The van der Waals surface area contributed by atoms with E-state index in [1.807, 2.05) is 47.8 Å². The Morgan fingerprint density at radius 1 is 1.19 bits per heavy atom. The van der Waals surface area contributed by atoms with E-state index in [1.54, 1.807) is 0 Å². The molecule has 2 heteroatoms. The van der Waals surface area contributed by atoms with Gasteiger partial charge in [-0.25, -0.2) is 0 Å². The molecule has 82 valence electrons. The number of hydrogen-bond acceptors (Lipinski definition) is 2. The lowest BCUT2D eigenvalue weighted by molar-refractivity contribution is 0.0961. The summed E-state index contributed by atoms with van der Waals surface area (Å²) in [5.74, 6) is 0.239. The predicted molar refractivity (Wildman–Crippen MR) is 68.1 cm³/mol. The smallest absolute Gasteiger partial charge is 0.180 e. The van der Waals surface area contributed by atoms with Crippen LogP contribution in [0.15, 0.2) is 47.8 Å². The molecule has 0 amide bonds. The van der Waals surface area contributed by atoms with Crippen molar-refractivity contribution in [3.8, 4) is 0 Å². The van der Waals surface area contributed by atoms with Crippen LogP contribution in [0.5, 0.6) is 0 Å². The van der Waals surface area contributed by atoms with Crippen molar-refractivity contribution in [2.24, 2.45) is 0 Å². The minimum atomic E-state index is -0.000139. The van der Waals surface area contributed by atoms with E-state index in [0.717, 1.165) is 16.9 Å². The van der Waals surface area contributed by atoms with Crippen molar-refractivity contribution >= 4 is 17.1 Å². The highest BCUT2D eigenvalue weighted by molar-refractivity contribution is 7.12. The molecular weight excluding hydrogens is 216 g/mol. The molecule has 0 N–H and O–H groups in total. The largest absolute Gasteiger partial charge is 0.293 e. The summed E-state index contributed by atoms with van der Waals surface area (Å²) in [7, 11) is 0. The van der Waals surface area contributed by atoms with Gasteiger partial charge in [0.2, 0.25) is 0 Å². The van der Waals surface area contributed by atoms with E-state index in [9.17, 15) is 4.79 Å². The average molecular weight is 230 g/mol. The van der Waals surface area contributed by atoms with Gasteiger partial charge in [0.15, 0.2) is 5.78 Å². The molecule has 0 fully saturated rings. The minimum absolute atomic E-state index is 0.000139. The van der Waals surface area contributed by atoms with E-state index in [1.165, 1.54) is 11.3 Å². The molecule has 1 unspecified atom stereocenters. The van der Waals surface area contributed by atoms with Crippen molar-refractivity contribution in [2.45, 2.75) is 19.3 Å². The first-order chi connectivity index (χ1) is 7.83. The van der Waals surface area contributed by atoms with E-state index in [-0.39, 0.29) is 11.7 Å². The lowest BCUT2D eigenvalue weighted by Crippen LogP contribution is -2.10. The fourth-order valence-corrected chi connectivity index (χ4v) is 2.57. The third-order valence-corrected chi connectivity index (χ3v) is 3.58. The standard InChI is InChI=1S/C14H14OS/c1-2-12(11-7-4-3-5-8-11)14(15)13-9-6-10-16-13/h3-10,12H,2H2,1H3. The number of thiophene rings is 1. The molecule has 0 spiro atoms. The molecule has 16 heavy (non-hydrogen) atoms. The van der Waals surface area contributed by atoms with Crippen molar-refractivity contribution in [1.82, 2.24) is 0 Å². The third kappa shape index (κ3) is 2.22. The molecule has 0 saturated carbocycles. The molecule has 1 atom stereocenters. The zero-order valence-corrected chi connectivity index (χ0v) is 10.0. The summed E-state index contributed by atoms with van der Waals surface area (Å²) >= 11 is 1.52. The quantitative estimate of drug-likeness (QED) is 0.722. The first-order valence-corrected chi connectivity index (χ1v) is 6.33. The molecule has 2 rings (SSSR count). The van der Waals surface area contributed by atoms with Gasteiger partial charge >= 0.3 is 0 Å². The number of hydrogen-bond donors (Lipinski definition) is 0. The highest BCUT2D eigenvalue weighted by atomic mass is 32.1. The molecule has 0 aliphatic rings. The molecule has 0 aliphatic carbocycles. The summed E-state index contributed by atoms with van der Waals surface area (Å²) in [4.78, 5) is 13.1. The van der Waals surface area contributed by atoms with Gasteiger partial charge in [0, 0.05) is 5.92 Å². The van der Waals surface area contributed by atoms with Crippen molar-refractivity contribution < 1.29 is 4.79 Å². The first kappa shape index (κ1) is 11.1. The average Bonchev–Trinajstić information content (AvgIpc) is 2.85. The predicted octanol–water partition coefficient (Wildman–Crippen LogP) is 4.12. The molecule has 2 aromatic rings. The highest BCUT2D eigenvalue weighted by Crippen LogP contribution is 2.25. The van der Waals surface area contributed by atoms with Crippen LogP contribution in [-0.4, -0.2) is 5.78 Å². The molecular formula is C14H14OS. The van der Waals surface area contributed by atoms with Crippen LogP contribution in [0.3, 0.4) is 0 Å². The van der Waals surface area contributed by atoms with Crippen molar-refractivity contribution in [2.75, 3.05) is 0 Å². The number of Topliss-reactive ketones (excluding diaryl/α,β-unsaturated/α-hetero) is 1. The molecule has 1 heterocycles. The van der Waals surface area contributed by atoms with Crippen LogP contribution >= 0.6 is 11.3 Å². The molecule has 0 saturated heterocycles. The van der Waals surface area contributed by atoms with Crippen LogP contribution in [-0.2, 0) is 0 Å². The first-order valence-electron chi connectivity index (χ1n) is 5.45. The Morgan fingerprint density at radius 2 is 1.94 bits per heavy atom. The zero-order chi connectivity index (χ0) is 11.4. The van der Waals surface area contributed by atoms with Crippen LogP contribution in [0, 0.1) is 0 Å². The van der Waals surface area contributed by atoms with Crippen molar-refractivity contribution in [3.05, 3.63) is 58.3 Å². The SMILES string of the molecule is CCC(C(=O)c1cccs1)c1ccccc1. The highest BCUT2D eigenvalue weighted by Gasteiger charge is 2.20. The topological polar surface area (TPSA) is 17.1 Å². The zero-order valence-electron chi connectivity index (χ0n) is 9.22. The van der Waals surface area contributed by atoms with Crippen LogP contribution in [0.1, 0.15) is 34.5 Å². The van der Waals surface area contributed by atoms with Gasteiger partial charge in [-0.1, -0.05) is 43.3 Å². The fourth-order valence-electron chi connectivity index (χ4n) is 1.85. The Labute approximate surface area is 99.8 Å². The van der Waals surface area contributed by atoms with Gasteiger partial charge in [-0.2, -0.15) is 0 Å². The van der Waals surface area contributed by atoms with Gasteiger partial charge in [-0.3, -0.25) is 4.79 Å². The number of rotatable bonds is 4. The van der Waals surface area contributed by atoms with E-state index in [4.69, 9.17) is 0 Å². The van der Waals surface area contributed by atoms with Gasteiger partial charge in [0.05, 0.1) is 4.88 Å². The monoisotopic (exact) mass is 230 g/mol. The van der Waals surface area contributed by atoms with E-state index in [2.05, 4.69) is 6.92 Å². The Bertz CT molecular complexity index is 445. The van der Waals surface area contributed by atoms with Crippen LogP contribution in [0.25, 0.3) is 0 Å². The van der Waals surface area contributed by atoms with Crippen molar-refractivity contribution in [3.63, 3.8) is 0 Å². The molecule has 0 aliphatic heterocycles. The Balaban J connectivity index is 2.27. The third-order valence-electron chi connectivity index (χ3n) is 2.69. The lowest BCUT2D eigenvalue weighted by Gasteiger charge is -2.12. The second kappa shape index (κ2) is 5.08. The maximum Gasteiger partial charge on any atom is 0.180 e. The summed E-state index contributed by atoms with van der Waals surface area (Å²) in [5, 5.41) is 1.95. The Kier molecular flexibility index (Phi) is 3.52. The summed E-state index contributed by atoms with van der Waals surface area (Å²) < 4.78 is 0. The Hall–Kier alpha value is -1.41. The van der Waals surface area contributed by atoms with Gasteiger partial charge in [-0.15, -0.1) is 11.3 Å². The molecule has 1 aromatic carbocycles. The molecule has 0 radical (unpaired) electrons. The summed E-state index contributed by atoms with van der Waals surface area (Å²) in [6, 6.07) is 13.8. The number of ketones is 1. The fraction of sp³-hybridized carbons (Fsp3) is 0.214. The number of carbonyl (C=O) groups excluding carboxylic acids is 1. The van der Waals surface area contributed by atoms with Gasteiger partial charge < -0.3 is 0 Å². The molecule has 1 aromatic heterocycles. The summed E-state index contributed by atoms with van der Waals surface area (Å²) in [5.41, 5.74) is 1.11. The van der Waals surface area contributed by atoms with Crippen LogP contribution in [0.4, 0.5) is 0 Å². The second-order valence-electron chi connectivity index (χ2n) is 3.71. The second-order valence-corrected chi connectivity index (χ2v) is 4.66. The van der Waals surface area contributed by atoms with Gasteiger partial charge in [0.25, 0.3) is 0 Å². The summed E-state index contributed by atoms with van der Waals surface area (Å²) in [6.07, 6.45) is 0.848. The maximum absolute atomic E-state index is 12.2. The molecule has 0 bridgehead atoms. The Morgan fingerprint density at radius 3 is 2.50 bits per heavy atom. The lowest BCUT2D eigenvalue weighted by atomic mass is 9.91. The molecule has 1 nitrogen and oxygen atoms in total. The summed E-state index contributed by atoms with van der Waals surface area (Å²) in [6.45, 7) is 2.06. The maximum atomic E-state index is 12.2. The van der Waals surface area contributed by atoms with Crippen LogP contribution < -0.4 is 0 Å². The van der Waals surface area contributed by atoms with Crippen molar-refractivity contribution in [1.29, 1.82) is 0 Å². The number of carbonyl (C=O) groups is 1. The van der Waals surface area contributed by atoms with E-state index in [0.29, 0.717) is 0 Å². The minimum Gasteiger partial charge on any atom is -0.293 e. The normalized spacial score (nSPS) is 12.3. The van der Waals surface area contributed by atoms with E-state index >= 15 is 0 Å². The van der Waals surface area contributed by atoms with Gasteiger partial charge in [-0.05, 0) is 23.4 Å². The van der Waals surface area contributed by atoms with Gasteiger partial charge in [0.1, 0.15) is 0 Å². The number of benzene rings is 1.